The molecule has 0 spiro atoms. The molecule has 0 amide bonds. The van der Waals surface area contributed by atoms with Crippen molar-refractivity contribution in [3.05, 3.63) is 51.5 Å². The maximum Gasteiger partial charge on any atom is 0.156 e. The first-order chi connectivity index (χ1) is 9.49. The first kappa shape index (κ1) is 14.5. The van der Waals surface area contributed by atoms with E-state index in [1.54, 1.807) is 0 Å². The molecule has 4 nitrogen and oxygen atoms in total. The normalized spacial score (nSPS) is 10.9. The van der Waals surface area contributed by atoms with E-state index in [0.717, 1.165) is 11.3 Å². The van der Waals surface area contributed by atoms with Gasteiger partial charge in [0.25, 0.3) is 0 Å². The van der Waals surface area contributed by atoms with Gasteiger partial charge in [-0.15, -0.1) is 0 Å². The summed E-state index contributed by atoms with van der Waals surface area (Å²) in [5, 5.41) is 23.1. The minimum absolute atomic E-state index is 0.0459. The number of phenols is 2. The largest absolute Gasteiger partial charge is 0.506 e. The third kappa shape index (κ3) is 3.15. The van der Waals surface area contributed by atoms with E-state index in [9.17, 15) is 10.2 Å². The fourth-order valence-corrected chi connectivity index (χ4v) is 1.99. The van der Waals surface area contributed by atoms with Crippen LogP contribution in [0.2, 0.25) is 10.0 Å². The number of benzene rings is 2. The van der Waals surface area contributed by atoms with Gasteiger partial charge in [-0.3, -0.25) is 5.43 Å². The van der Waals surface area contributed by atoms with Gasteiger partial charge in [0, 0.05) is 5.56 Å². The number of halogens is 2. The zero-order valence-corrected chi connectivity index (χ0v) is 12.1. The van der Waals surface area contributed by atoms with E-state index in [1.807, 2.05) is 31.2 Å². The number of nitrogens with zero attached hydrogens (tertiary/aromatic N) is 1. The summed E-state index contributed by atoms with van der Waals surface area (Å²) in [7, 11) is 0. The van der Waals surface area contributed by atoms with E-state index in [1.165, 1.54) is 12.3 Å². The molecule has 0 aliphatic heterocycles. The van der Waals surface area contributed by atoms with Crippen molar-refractivity contribution in [2.45, 2.75) is 6.92 Å². The van der Waals surface area contributed by atoms with E-state index < -0.39 is 0 Å². The number of phenolic OH excluding ortho intramolecular Hbond substituents is 2. The topological polar surface area (TPSA) is 64.9 Å². The molecular formula is C14H12Cl2N2O2. The lowest BCUT2D eigenvalue weighted by Crippen LogP contribution is -1.92. The Morgan fingerprint density at radius 3 is 2.40 bits per heavy atom. The Morgan fingerprint density at radius 1 is 1.10 bits per heavy atom. The maximum atomic E-state index is 9.77. The number of hydrogen-bond donors (Lipinski definition) is 3. The second kappa shape index (κ2) is 6.03. The van der Waals surface area contributed by atoms with Crippen LogP contribution in [-0.2, 0) is 0 Å². The quantitative estimate of drug-likeness (QED) is 0.589. The fourth-order valence-electron chi connectivity index (χ4n) is 1.52. The molecule has 0 unspecified atom stereocenters. The Hall–Kier alpha value is -1.91. The van der Waals surface area contributed by atoms with Crippen molar-refractivity contribution in [3.63, 3.8) is 0 Å². The third-order valence-electron chi connectivity index (χ3n) is 2.65. The average Bonchev–Trinajstić information content (AvgIpc) is 2.44. The summed E-state index contributed by atoms with van der Waals surface area (Å²) in [6.45, 7) is 1.99. The average molecular weight is 311 g/mol. The lowest BCUT2D eigenvalue weighted by Gasteiger charge is -2.06. The van der Waals surface area contributed by atoms with Crippen LogP contribution in [0, 0.1) is 6.92 Å². The van der Waals surface area contributed by atoms with Gasteiger partial charge in [0.15, 0.2) is 5.75 Å². The Kier molecular flexibility index (Phi) is 4.37. The molecule has 3 N–H and O–H groups in total. The molecule has 0 aliphatic rings. The first-order valence-corrected chi connectivity index (χ1v) is 6.50. The van der Waals surface area contributed by atoms with Crippen molar-refractivity contribution >= 4 is 35.1 Å². The van der Waals surface area contributed by atoms with Crippen molar-refractivity contribution in [2.75, 3.05) is 5.43 Å². The molecule has 0 heterocycles. The number of hydrogen-bond acceptors (Lipinski definition) is 4. The first-order valence-electron chi connectivity index (χ1n) is 5.74. The molecule has 0 bridgehead atoms. The van der Waals surface area contributed by atoms with Crippen molar-refractivity contribution in [1.82, 2.24) is 0 Å². The Bertz CT molecular complexity index is 655. The van der Waals surface area contributed by atoms with Crippen LogP contribution in [0.1, 0.15) is 11.1 Å². The number of rotatable bonds is 3. The lowest BCUT2D eigenvalue weighted by atomic mass is 10.2. The van der Waals surface area contributed by atoms with E-state index >= 15 is 0 Å². The SMILES string of the molecule is Cc1ccc(NN=Cc2cc(Cl)c(O)c(Cl)c2O)cc1. The third-order valence-corrected chi connectivity index (χ3v) is 3.29. The van der Waals surface area contributed by atoms with Crippen molar-refractivity contribution in [1.29, 1.82) is 0 Å². The monoisotopic (exact) mass is 310 g/mol. The van der Waals surface area contributed by atoms with Gasteiger partial charge < -0.3 is 10.2 Å². The molecule has 20 heavy (non-hydrogen) atoms. The van der Waals surface area contributed by atoms with Gasteiger partial charge in [-0.1, -0.05) is 40.9 Å². The number of anilines is 1. The molecule has 0 radical (unpaired) electrons. The van der Waals surface area contributed by atoms with Crippen molar-refractivity contribution in [2.24, 2.45) is 5.10 Å². The van der Waals surface area contributed by atoms with E-state index in [-0.39, 0.29) is 21.5 Å². The van der Waals surface area contributed by atoms with E-state index in [0.29, 0.717) is 5.56 Å². The molecule has 2 rings (SSSR count). The highest BCUT2D eigenvalue weighted by atomic mass is 35.5. The summed E-state index contributed by atoms with van der Waals surface area (Å²) in [6.07, 6.45) is 1.37. The van der Waals surface area contributed by atoms with Crippen LogP contribution in [0.15, 0.2) is 35.4 Å². The molecule has 0 saturated heterocycles. The summed E-state index contributed by atoms with van der Waals surface area (Å²) in [5.74, 6) is -0.627. The van der Waals surface area contributed by atoms with Gasteiger partial charge in [-0.2, -0.15) is 5.10 Å². The number of hydrazone groups is 1. The zero-order chi connectivity index (χ0) is 14.7. The maximum absolute atomic E-state index is 9.77. The van der Waals surface area contributed by atoms with Crippen LogP contribution in [0.5, 0.6) is 11.5 Å². The predicted molar refractivity (Wildman–Crippen MR) is 82.2 cm³/mol. The summed E-state index contributed by atoms with van der Waals surface area (Å²) >= 11 is 11.5. The van der Waals surface area contributed by atoms with Crippen LogP contribution < -0.4 is 5.43 Å². The van der Waals surface area contributed by atoms with Gasteiger partial charge in [0.1, 0.15) is 10.8 Å². The fraction of sp³-hybridized carbons (Fsp3) is 0.0714. The van der Waals surface area contributed by atoms with Gasteiger partial charge in [-0.25, -0.2) is 0 Å². The van der Waals surface area contributed by atoms with Gasteiger partial charge in [-0.05, 0) is 25.1 Å². The number of aryl methyl sites for hydroxylation is 1. The second-order valence-electron chi connectivity index (χ2n) is 4.19. The van der Waals surface area contributed by atoms with Gasteiger partial charge >= 0.3 is 0 Å². The van der Waals surface area contributed by atoms with Crippen LogP contribution in [0.4, 0.5) is 5.69 Å². The second-order valence-corrected chi connectivity index (χ2v) is 4.98. The minimum atomic E-state index is -0.352. The van der Waals surface area contributed by atoms with Crippen LogP contribution in [0.25, 0.3) is 0 Å². The standard InChI is InChI=1S/C14H12Cl2N2O2/c1-8-2-4-10(5-3-8)18-17-7-9-6-11(15)14(20)12(16)13(9)19/h2-7,18-20H,1H3. The number of nitrogens with one attached hydrogen (secondary N) is 1. The Morgan fingerprint density at radius 2 is 1.75 bits per heavy atom. The predicted octanol–water partition coefficient (Wildman–Crippen LogP) is 4.16. The van der Waals surface area contributed by atoms with Gasteiger partial charge in [0.2, 0.25) is 0 Å². The smallest absolute Gasteiger partial charge is 0.156 e. The van der Waals surface area contributed by atoms with Crippen molar-refractivity contribution in [3.8, 4) is 11.5 Å². The number of aromatic hydroxyl groups is 2. The summed E-state index contributed by atoms with van der Waals surface area (Å²) in [5.41, 5.74) is 5.07. The lowest BCUT2D eigenvalue weighted by molar-refractivity contribution is 0.450. The highest BCUT2D eigenvalue weighted by Gasteiger charge is 2.13. The van der Waals surface area contributed by atoms with E-state index in [4.69, 9.17) is 23.2 Å². The molecule has 0 aromatic heterocycles. The molecule has 6 heteroatoms. The molecule has 104 valence electrons. The Balaban J connectivity index is 2.18. The van der Waals surface area contributed by atoms with Crippen LogP contribution >= 0.6 is 23.2 Å². The van der Waals surface area contributed by atoms with Crippen molar-refractivity contribution < 1.29 is 10.2 Å². The molecule has 0 atom stereocenters. The molecule has 0 aliphatic carbocycles. The van der Waals surface area contributed by atoms with Gasteiger partial charge in [0.05, 0.1) is 16.9 Å². The van der Waals surface area contributed by atoms with E-state index in [2.05, 4.69) is 10.5 Å². The molecule has 0 saturated carbocycles. The molecule has 2 aromatic rings. The summed E-state index contributed by atoms with van der Waals surface area (Å²) < 4.78 is 0. The molecule has 2 aromatic carbocycles. The Labute approximate surface area is 126 Å². The highest BCUT2D eigenvalue weighted by molar-refractivity contribution is 6.38. The summed E-state index contributed by atoms with van der Waals surface area (Å²) in [4.78, 5) is 0. The highest BCUT2D eigenvalue weighted by Crippen LogP contribution is 2.40. The molecular weight excluding hydrogens is 299 g/mol. The van der Waals surface area contributed by atoms with Crippen LogP contribution in [0.3, 0.4) is 0 Å². The molecule has 0 fully saturated rings. The minimum Gasteiger partial charge on any atom is -0.506 e. The summed E-state index contributed by atoms with van der Waals surface area (Å²) in [6, 6.07) is 9.03. The zero-order valence-electron chi connectivity index (χ0n) is 10.6. The van der Waals surface area contributed by atoms with Crippen LogP contribution in [-0.4, -0.2) is 16.4 Å².